The number of nitrogens with zero attached hydrogens (tertiary/aromatic N) is 1. The highest BCUT2D eigenvalue weighted by Gasteiger charge is 2.30. The molecule has 0 saturated heterocycles. The van der Waals surface area contributed by atoms with Gasteiger partial charge in [-0.15, -0.1) is 11.3 Å². The van der Waals surface area contributed by atoms with Crippen molar-refractivity contribution in [3.05, 3.63) is 52.2 Å². The van der Waals surface area contributed by atoms with Crippen molar-refractivity contribution in [1.82, 2.24) is 4.90 Å². The average molecular weight is 314 g/mol. The van der Waals surface area contributed by atoms with Crippen molar-refractivity contribution < 1.29 is 4.79 Å². The molecular formula is C18H22N2OS. The summed E-state index contributed by atoms with van der Waals surface area (Å²) >= 11 is 1.76. The molecule has 1 aliphatic rings. The minimum atomic E-state index is 0.0874. The molecule has 1 heterocycles. The molecule has 22 heavy (non-hydrogen) atoms. The molecule has 0 bridgehead atoms. The Labute approximate surface area is 136 Å². The van der Waals surface area contributed by atoms with Gasteiger partial charge in [0.1, 0.15) is 0 Å². The van der Waals surface area contributed by atoms with Gasteiger partial charge in [0.25, 0.3) is 0 Å². The van der Waals surface area contributed by atoms with E-state index in [9.17, 15) is 4.79 Å². The molecule has 1 aromatic carbocycles. The van der Waals surface area contributed by atoms with Gasteiger partial charge in [-0.1, -0.05) is 31.2 Å². The van der Waals surface area contributed by atoms with Gasteiger partial charge in [0.15, 0.2) is 0 Å². The quantitative estimate of drug-likeness (QED) is 0.840. The lowest BCUT2D eigenvalue weighted by atomic mass is 10.1. The van der Waals surface area contributed by atoms with Crippen LogP contribution in [0.25, 0.3) is 0 Å². The Hall–Kier alpha value is -1.65. The van der Waals surface area contributed by atoms with E-state index in [1.807, 2.05) is 18.2 Å². The number of carbonyl (C=O) groups is 1. The molecule has 1 fully saturated rings. The van der Waals surface area contributed by atoms with Crippen molar-refractivity contribution in [2.24, 2.45) is 0 Å². The smallest absolute Gasteiger partial charge is 0.238 e. The highest BCUT2D eigenvalue weighted by atomic mass is 32.1. The van der Waals surface area contributed by atoms with Crippen LogP contribution in [0.3, 0.4) is 0 Å². The molecule has 1 amide bonds. The lowest BCUT2D eigenvalue weighted by Gasteiger charge is -2.21. The van der Waals surface area contributed by atoms with E-state index in [1.165, 1.54) is 23.3 Å². The number of anilines is 1. The summed E-state index contributed by atoms with van der Waals surface area (Å²) in [6.07, 6.45) is 3.35. The molecule has 3 nitrogen and oxygen atoms in total. The van der Waals surface area contributed by atoms with Gasteiger partial charge in [-0.05, 0) is 42.3 Å². The van der Waals surface area contributed by atoms with Crippen LogP contribution in [0.1, 0.15) is 30.2 Å². The predicted octanol–water partition coefficient (Wildman–Crippen LogP) is 3.91. The first-order valence-electron chi connectivity index (χ1n) is 7.90. The number of hydrogen-bond donors (Lipinski definition) is 1. The van der Waals surface area contributed by atoms with E-state index >= 15 is 0 Å². The summed E-state index contributed by atoms with van der Waals surface area (Å²) in [4.78, 5) is 16.0. The molecule has 1 saturated carbocycles. The van der Waals surface area contributed by atoms with Crippen LogP contribution < -0.4 is 5.32 Å². The molecule has 0 atom stereocenters. The van der Waals surface area contributed by atoms with Gasteiger partial charge < -0.3 is 5.32 Å². The summed E-state index contributed by atoms with van der Waals surface area (Å²) in [5.41, 5.74) is 2.13. The molecule has 1 aromatic heterocycles. The Morgan fingerprint density at radius 3 is 2.77 bits per heavy atom. The summed E-state index contributed by atoms with van der Waals surface area (Å²) in [7, 11) is 0. The number of aryl methyl sites for hydroxylation is 1. The molecule has 3 rings (SSSR count). The molecule has 116 valence electrons. The molecular weight excluding hydrogens is 292 g/mol. The predicted molar refractivity (Wildman–Crippen MR) is 92.2 cm³/mol. The third kappa shape index (κ3) is 3.96. The minimum Gasteiger partial charge on any atom is -0.325 e. The lowest BCUT2D eigenvalue weighted by molar-refractivity contribution is -0.117. The third-order valence-electron chi connectivity index (χ3n) is 4.02. The molecule has 0 radical (unpaired) electrons. The fraction of sp³-hybridized carbons (Fsp3) is 0.389. The lowest BCUT2D eigenvalue weighted by Crippen LogP contribution is -2.34. The van der Waals surface area contributed by atoms with Crippen molar-refractivity contribution in [3.63, 3.8) is 0 Å². The van der Waals surface area contributed by atoms with E-state index in [0.717, 1.165) is 18.7 Å². The second-order valence-electron chi connectivity index (χ2n) is 5.77. The summed E-state index contributed by atoms with van der Waals surface area (Å²) in [5.74, 6) is 0.0874. The fourth-order valence-electron chi connectivity index (χ4n) is 2.68. The highest BCUT2D eigenvalue weighted by molar-refractivity contribution is 7.09. The van der Waals surface area contributed by atoms with E-state index in [1.54, 1.807) is 11.3 Å². The minimum absolute atomic E-state index is 0.0874. The van der Waals surface area contributed by atoms with Crippen molar-refractivity contribution >= 4 is 22.9 Å². The monoisotopic (exact) mass is 314 g/mol. The number of carbonyl (C=O) groups excluding carboxylic acids is 1. The van der Waals surface area contributed by atoms with Gasteiger partial charge in [0.05, 0.1) is 6.54 Å². The topological polar surface area (TPSA) is 32.3 Å². The second kappa shape index (κ2) is 7.07. The van der Waals surface area contributed by atoms with Gasteiger partial charge in [0, 0.05) is 23.2 Å². The van der Waals surface area contributed by atoms with E-state index in [-0.39, 0.29) is 5.91 Å². The summed E-state index contributed by atoms with van der Waals surface area (Å²) < 4.78 is 0. The number of benzene rings is 1. The Morgan fingerprint density at radius 2 is 2.09 bits per heavy atom. The van der Waals surface area contributed by atoms with Gasteiger partial charge in [0.2, 0.25) is 5.91 Å². The number of amides is 1. The zero-order valence-electron chi connectivity index (χ0n) is 12.9. The normalized spacial score (nSPS) is 14.3. The third-order valence-corrected chi connectivity index (χ3v) is 4.88. The first-order chi connectivity index (χ1) is 10.8. The van der Waals surface area contributed by atoms with E-state index in [4.69, 9.17) is 0 Å². The van der Waals surface area contributed by atoms with Gasteiger partial charge in [-0.3, -0.25) is 9.69 Å². The second-order valence-corrected chi connectivity index (χ2v) is 6.81. The van der Waals surface area contributed by atoms with Gasteiger partial charge in [-0.2, -0.15) is 0 Å². The summed E-state index contributed by atoms with van der Waals surface area (Å²) in [5, 5.41) is 5.17. The Kier molecular flexibility index (Phi) is 4.90. The molecule has 0 aliphatic heterocycles. The summed E-state index contributed by atoms with van der Waals surface area (Å²) in [6.45, 7) is 3.46. The number of nitrogens with one attached hydrogen (secondary N) is 1. The molecule has 2 aromatic rings. The molecule has 1 N–H and O–H groups in total. The van der Waals surface area contributed by atoms with Crippen LogP contribution in [0.15, 0.2) is 41.8 Å². The molecule has 4 heteroatoms. The summed E-state index contributed by atoms with van der Waals surface area (Å²) in [6, 6.07) is 12.8. The van der Waals surface area contributed by atoms with Crippen LogP contribution in [0.2, 0.25) is 0 Å². The van der Waals surface area contributed by atoms with Gasteiger partial charge in [-0.25, -0.2) is 0 Å². The Bertz CT molecular complexity index is 620. The SMILES string of the molecule is CCc1ccccc1NC(=O)CN(Cc1cccs1)C1CC1. The number of hydrogen-bond acceptors (Lipinski definition) is 3. The number of rotatable bonds is 7. The van der Waals surface area contributed by atoms with Crippen LogP contribution in [0, 0.1) is 0 Å². The largest absolute Gasteiger partial charge is 0.325 e. The Balaban J connectivity index is 1.61. The zero-order valence-corrected chi connectivity index (χ0v) is 13.7. The standard InChI is InChI=1S/C18H22N2OS/c1-2-14-6-3-4-8-17(14)19-18(21)13-20(15-9-10-15)12-16-7-5-11-22-16/h3-8,11,15H,2,9-10,12-13H2,1H3,(H,19,21). The van der Waals surface area contributed by atoms with Crippen molar-refractivity contribution in [3.8, 4) is 0 Å². The fourth-order valence-corrected chi connectivity index (χ4v) is 3.41. The van der Waals surface area contributed by atoms with E-state index in [0.29, 0.717) is 12.6 Å². The molecule has 0 unspecified atom stereocenters. The molecule has 1 aliphatic carbocycles. The first kappa shape index (κ1) is 15.3. The maximum Gasteiger partial charge on any atom is 0.238 e. The van der Waals surface area contributed by atoms with Crippen LogP contribution in [0.4, 0.5) is 5.69 Å². The van der Waals surface area contributed by atoms with Crippen molar-refractivity contribution in [2.75, 3.05) is 11.9 Å². The molecule has 0 spiro atoms. The van der Waals surface area contributed by atoms with Crippen LogP contribution in [-0.2, 0) is 17.8 Å². The number of thiophene rings is 1. The average Bonchev–Trinajstić information content (AvgIpc) is 3.25. The maximum atomic E-state index is 12.4. The van der Waals surface area contributed by atoms with Crippen LogP contribution in [-0.4, -0.2) is 23.4 Å². The Morgan fingerprint density at radius 1 is 1.27 bits per heavy atom. The van der Waals surface area contributed by atoms with E-state index < -0.39 is 0 Å². The van der Waals surface area contributed by atoms with Crippen LogP contribution in [0.5, 0.6) is 0 Å². The van der Waals surface area contributed by atoms with E-state index in [2.05, 4.69) is 40.7 Å². The highest BCUT2D eigenvalue weighted by Crippen LogP contribution is 2.29. The first-order valence-corrected chi connectivity index (χ1v) is 8.78. The van der Waals surface area contributed by atoms with Crippen molar-refractivity contribution in [2.45, 2.75) is 38.8 Å². The van der Waals surface area contributed by atoms with Crippen LogP contribution >= 0.6 is 11.3 Å². The zero-order chi connectivity index (χ0) is 15.4. The number of para-hydroxylation sites is 1. The maximum absolute atomic E-state index is 12.4. The van der Waals surface area contributed by atoms with Crippen molar-refractivity contribution in [1.29, 1.82) is 0 Å². The van der Waals surface area contributed by atoms with Gasteiger partial charge >= 0.3 is 0 Å².